The molecule has 0 saturated carbocycles. The Labute approximate surface area is 95.5 Å². The second-order valence-electron chi connectivity index (χ2n) is 4.83. The highest BCUT2D eigenvalue weighted by Gasteiger charge is 2.37. The molecule has 88 valence electrons. The van der Waals surface area contributed by atoms with Crippen LogP contribution in [0.3, 0.4) is 0 Å². The lowest BCUT2D eigenvalue weighted by Crippen LogP contribution is -2.39. The highest BCUT2D eigenvalue weighted by Crippen LogP contribution is 2.37. The summed E-state index contributed by atoms with van der Waals surface area (Å²) in [6.07, 6.45) is 1.22. The van der Waals surface area contributed by atoms with Crippen LogP contribution >= 0.6 is 0 Å². The molecule has 0 radical (unpaired) electrons. The summed E-state index contributed by atoms with van der Waals surface area (Å²) in [5.41, 5.74) is 0.526. The Balaban J connectivity index is 2.25. The van der Waals surface area contributed by atoms with Crippen molar-refractivity contribution in [1.82, 2.24) is 5.32 Å². The van der Waals surface area contributed by atoms with Crippen LogP contribution in [0.2, 0.25) is 0 Å². The highest BCUT2D eigenvalue weighted by atomic mass is 19.1. The van der Waals surface area contributed by atoms with Crippen LogP contribution in [0, 0.1) is 5.82 Å². The minimum absolute atomic E-state index is 0.196. The van der Waals surface area contributed by atoms with Gasteiger partial charge < -0.3 is 10.4 Å². The van der Waals surface area contributed by atoms with Gasteiger partial charge in [-0.05, 0) is 30.0 Å². The molecule has 1 aromatic carbocycles. The van der Waals surface area contributed by atoms with Crippen LogP contribution in [0.5, 0.6) is 0 Å². The Morgan fingerprint density at radius 1 is 1.50 bits per heavy atom. The van der Waals surface area contributed by atoms with Crippen LogP contribution in [0.4, 0.5) is 4.39 Å². The van der Waals surface area contributed by atoms with Gasteiger partial charge in [-0.3, -0.25) is 0 Å². The van der Waals surface area contributed by atoms with Gasteiger partial charge >= 0.3 is 0 Å². The zero-order valence-corrected chi connectivity index (χ0v) is 9.76. The fourth-order valence-corrected chi connectivity index (χ4v) is 2.27. The third kappa shape index (κ3) is 1.97. The quantitative estimate of drug-likeness (QED) is 0.821. The summed E-state index contributed by atoms with van der Waals surface area (Å²) in [6, 6.07) is 5.27. The van der Waals surface area contributed by atoms with Gasteiger partial charge in [-0.25, -0.2) is 4.39 Å². The first-order valence-corrected chi connectivity index (χ1v) is 5.76. The zero-order chi connectivity index (χ0) is 11.8. The van der Waals surface area contributed by atoms with Crippen molar-refractivity contribution in [1.29, 1.82) is 0 Å². The van der Waals surface area contributed by atoms with E-state index in [1.807, 2.05) is 19.9 Å². The summed E-state index contributed by atoms with van der Waals surface area (Å²) in [5, 5.41) is 13.7. The van der Waals surface area contributed by atoms with E-state index in [4.69, 9.17) is 0 Å². The van der Waals surface area contributed by atoms with E-state index in [1.54, 1.807) is 6.07 Å². The molecular weight excluding hydrogens is 205 g/mol. The first kappa shape index (κ1) is 11.6. The SMILES string of the molecule is CC(C)NCC1(O)CCc2c(F)cccc21. The molecule has 2 nitrogen and oxygen atoms in total. The number of benzene rings is 1. The van der Waals surface area contributed by atoms with Gasteiger partial charge in [0.15, 0.2) is 0 Å². The molecular formula is C13H18FNO. The number of hydrogen-bond acceptors (Lipinski definition) is 2. The molecule has 16 heavy (non-hydrogen) atoms. The van der Waals surface area contributed by atoms with E-state index in [0.29, 0.717) is 31.0 Å². The normalized spacial score (nSPS) is 23.8. The third-order valence-corrected chi connectivity index (χ3v) is 3.21. The molecule has 1 aliphatic carbocycles. The number of rotatable bonds is 3. The van der Waals surface area contributed by atoms with Crippen LogP contribution in [0.1, 0.15) is 31.4 Å². The van der Waals surface area contributed by atoms with Gasteiger partial charge in [0, 0.05) is 12.6 Å². The fourth-order valence-electron chi connectivity index (χ4n) is 2.27. The van der Waals surface area contributed by atoms with E-state index in [0.717, 1.165) is 5.56 Å². The molecule has 0 aliphatic heterocycles. The van der Waals surface area contributed by atoms with Crippen LogP contribution in [-0.4, -0.2) is 17.7 Å². The first-order chi connectivity index (χ1) is 7.53. The minimum Gasteiger partial charge on any atom is -0.384 e. The Kier molecular flexibility index (Phi) is 3.00. The van der Waals surface area contributed by atoms with Crippen LogP contribution < -0.4 is 5.32 Å². The predicted molar refractivity (Wildman–Crippen MR) is 61.8 cm³/mol. The van der Waals surface area contributed by atoms with Crippen molar-refractivity contribution in [3.8, 4) is 0 Å². The molecule has 1 atom stereocenters. The molecule has 0 amide bonds. The maximum Gasteiger partial charge on any atom is 0.126 e. The lowest BCUT2D eigenvalue weighted by atomic mass is 9.95. The van der Waals surface area contributed by atoms with Crippen LogP contribution in [0.25, 0.3) is 0 Å². The van der Waals surface area contributed by atoms with Gasteiger partial charge in [-0.2, -0.15) is 0 Å². The number of fused-ring (bicyclic) bond motifs is 1. The minimum atomic E-state index is -0.901. The molecule has 0 fully saturated rings. The van der Waals surface area contributed by atoms with Gasteiger partial charge in [0.05, 0.1) is 0 Å². The Bertz CT molecular complexity index is 392. The Hall–Kier alpha value is -0.930. The van der Waals surface area contributed by atoms with E-state index >= 15 is 0 Å². The van der Waals surface area contributed by atoms with Crippen molar-refractivity contribution in [3.05, 3.63) is 35.1 Å². The first-order valence-electron chi connectivity index (χ1n) is 5.76. The molecule has 2 N–H and O–H groups in total. The number of aliphatic hydroxyl groups is 1. The topological polar surface area (TPSA) is 32.3 Å². The van der Waals surface area contributed by atoms with Gasteiger partial charge in [0.2, 0.25) is 0 Å². The zero-order valence-electron chi connectivity index (χ0n) is 9.76. The van der Waals surface area contributed by atoms with E-state index in [2.05, 4.69) is 5.32 Å². The Morgan fingerprint density at radius 3 is 2.94 bits per heavy atom. The van der Waals surface area contributed by atoms with Crippen molar-refractivity contribution in [2.45, 2.75) is 38.3 Å². The number of hydrogen-bond donors (Lipinski definition) is 2. The molecule has 0 spiro atoms. The fraction of sp³-hybridized carbons (Fsp3) is 0.538. The molecule has 1 aliphatic rings. The standard InChI is InChI=1S/C13H18FNO/c1-9(2)15-8-13(16)7-6-10-11(13)4-3-5-12(10)14/h3-5,9,15-16H,6-8H2,1-2H3. The summed E-state index contributed by atoms with van der Waals surface area (Å²) < 4.78 is 13.5. The predicted octanol–water partition coefficient (Wildman–Crippen LogP) is 1.96. The van der Waals surface area contributed by atoms with Crippen molar-refractivity contribution in [3.63, 3.8) is 0 Å². The Morgan fingerprint density at radius 2 is 2.25 bits per heavy atom. The van der Waals surface area contributed by atoms with Crippen molar-refractivity contribution in [2.75, 3.05) is 6.54 Å². The maximum absolute atomic E-state index is 13.5. The van der Waals surface area contributed by atoms with Gasteiger partial charge in [0.25, 0.3) is 0 Å². The lowest BCUT2D eigenvalue weighted by Gasteiger charge is -2.25. The largest absolute Gasteiger partial charge is 0.384 e. The van der Waals surface area contributed by atoms with Crippen LogP contribution in [-0.2, 0) is 12.0 Å². The molecule has 0 saturated heterocycles. The molecule has 0 heterocycles. The van der Waals surface area contributed by atoms with E-state index in [1.165, 1.54) is 6.07 Å². The molecule has 3 heteroatoms. The average molecular weight is 223 g/mol. The smallest absolute Gasteiger partial charge is 0.126 e. The van der Waals surface area contributed by atoms with Gasteiger partial charge in [0.1, 0.15) is 11.4 Å². The summed E-state index contributed by atoms with van der Waals surface area (Å²) in [4.78, 5) is 0. The van der Waals surface area contributed by atoms with Crippen molar-refractivity contribution < 1.29 is 9.50 Å². The van der Waals surface area contributed by atoms with E-state index in [-0.39, 0.29) is 5.82 Å². The highest BCUT2D eigenvalue weighted by molar-refractivity contribution is 5.38. The monoisotopic (exact) mass is 223 g/mol. The van der Waals surface area contributed by atoms with E-state index < -0.39 is 5.60 Å². The summed E-state index contributed by atoms with van der Waals surface area (Å²) in [7, 11) is 0. The van der Waals surface area contributed by atoms with Crippen molar-refractivity contribution in [2.24, 2.45) is 0 Å². The summed E-state index contributed by atoms with van der Waals surface area (Å²) in [6.45, 7) is 4.55. The molecule has 2 rings (SSSR count). The summed E-state index contributed by atoms with van der Waals surface area (Å²) >= 11 is 0. The second kappa shape index (κ2) is 4.15. The third-order valence-electron chi connectivity index (χ3n) is 3.21. The second-order valence-corrected chi connectivity index (χ2v) is 4.83. The molecule has 1 aromatic rings. The van der Waals surface area contributed by atoms with Gasteiger partial charge in [-0.1, -0.05) is 26.0 Å². The maximum atomic E-state index is 13.5. The lowest BCUT2D eigenvalue weighted by molar-refractivity contribution is 0.0368. The summed E-state index contributed by atoms with van der Waals surface area (Å²) in [5.74, 6) is -0.196. The van der Waals surface area contributed by atoms with Crippen LogP contribution in [0.15, 0.2) is 18.2 Å². The molecule has 0 bridgehead atoms. The van der Waals surface area contributed by atoms with E-state index in [9.17, 15) is 9.50 Å². The van der Waals surface area contributed by atoms with Gasteiger partial charge in [-0.15, -0.1) is 0 Å². The average Bonchev–Trinajstić information content (AvgIpc) is 2.57. The van der Waals surface area contributed by atoms with Crippen molar-refractivity contribution >= 4 is 0 Å². The number of halogens is 1. The molecule has 1 unspecified atom stereocenters. The number of nitrogens with one attached hydrogen (secondary N) is 1. The molecule has 0 aromatic heterocycles.